The van der Waals surface area contributed by atoms with E-state index in [0.717, 1.165) is 0 Å². The van der Waals surface area contributed by atoms with Crippen molar-refractivity contribution in [1.82, 2.24) is 15.1 Å². The van der Waals surface area contributed by atoms with Crippen molar-refractivity contribution in [2.75, 3.05) is 11.9 Å². The Balaban J connectivity index is 2.33. The highest BCUT2D eigenvalue weighted by molar-refractivity contribution is 7.50. The maximum absolute atomic E-state index is 11.8. The lowest BCUT2D eigenvalue weighted by Gasteiger charge is -2.11. The van der Waals surface area contributed by atoms with Crippen LogP contribution >= 0.6 is 7.75 Å². The van der Waals surface area contributed by atoms with Crippen LogP contribution < -0.4 is 10.4 Å². The third-order valence-electron chi connectivity index (χ3n) is 3.20. The molecule has 1 aromatic rings. The van der Waals surface area contributed by atoms with E-state index >= 15 is 0 Å². The molecule has 8 N–H and O–H groups in total. The predicted octanol–water partition coefficient (Wildman–Crippen LogP) is -3.05. The number of aliphatic hydroxyl groups excluding tert-OH is 3. The number of hydrogen-bond donors (Lipinski definition) is 8. The molecule has 4 atom stereocenters. The molecule has 0 saturated carbocycles. The molecule has 0 spiro atoms. The zero-order valence-electron chi connectivity index (χ0n) is 11.9. The summed E-state index contributed by atoms with van der Waals surface area (Å²) in [7, 11) is -4.90. The lowest BCUT2D eigenvalue weighted by Crippen LogP contribution is -2.32. The van der Waals surface area contributed by atoms with Gasteiger partial charge in [0, 0.05) is 0 Å². The van der Waals surface area contributed by atoms with Crippen LogP contribution in [0.2, 0.25) is 0 Å². The summed E-state index contributed by atoms with van der Waals surface area (Å²) in [6.07, 6.45) is -5.08. The number of carbonyl (C=O) groups excluding carboxylic acids is 2. The molecular formula is C10H15N4O9P. The van der Waals surface area contributed by atoms with Gasteiger partial charge >= 0.3 is 7.75 Å². The Bertz CT molecular complexity index is 673. The fourth-order valence-corrected chi connectivity index (χ4v) is 2.54. The molecule has 2 rings (SSSR count). The van der Waals surface area contributed by atoms with Gasteiger partial charge in [-0.3, -0.25) is 14.7 Å². The quantitative estimate of drug-likeness (QED) is 0.188. The van der Waals surface area contributed by atoms with Crippen LogP contribution in [-0.2, 0) is 14.1 Å². The van der Waals surface area contributed by atoms with Crippen molar-refractivity contribution in [2.45, 2.75) is 24.4 Å². The van der Waals surface area contributed by atoms with Gasteiger partial charge in [-0.25, -0.2) is 9.55 Å². The molecule has 1 saturated heterocycles. The number of anilines is 1. The number of rotatable bonds is 6. The van der Waals surface area contributed by atoms with E-state index in [4.69, 9.17) is 19.6 Å². The number of amides is 2. The third kappa shape index (κ3) is 3.79. The van der Waals surface area contributed by atoms with Gasteiger partial charge in [-0.05, 0) is 0 Å². The van der Waals surface area contributed by atoms with E-state index in [-0.39, 0.29) is 18.1 Å². The predicted molar refractivity (Wildman–Crippen MR) is 74.5 cm³/mol. The molecule has 134 valence electrons. The van der Waals surface area contributed by atoms with Gasteiger partial charge < -0.3 is 40.1 Å². The van der Waals surface area contributed by atoms with Crippen molar-refractivity contribution in [3.05, 3.63) is 11.5 Å². The van der Waals surface area contributed by atoms with Crippen LogP contribution in [0.15, 0.2) is 0 Å². The van der Waals surface area contributed by atoms with Crippen LogP contribution in [0.4, 0.5) is 5.82 Å². The average Bonchev–Trinajstić information content (AvgIpc) is 3.01. The number of nitrogens with zero attached hydrogens (tertiary/aromatic N) is 1. The number of H-pyrrole nitrogens is 1. The molecule has 1 aliphatic rings. The summed E-state index contributed by atoms with van der Waals surface area (Å²) < 4.78 is 16.0. The molecule has 0 aromatic carbocycles. The van der Waals surface area contributed by atoms with Gasteiger partial charge in [-0.2, -0.15) is 0 Å². The molecule has 14 heteroatoms. The Kier molecular flexibility index (Phi) is 5.35. The Hall–Kier alpha value is -1.86. The van der Waals surface area contributed by atoms with Gasteiger partial charge in [-0.1, -0.05) is 0 Å². The maximum Gasteiger partial charge on any atom is 0.430 e. The minimum atomic E-state index is -4.90. The van der Waals surface area contributed by atoms with Gasteiger partial charge in [0.1, 0.15) is 36.1 Å². The zero-order valence-corrected chi connectivity index (χ0v) is 12.8. The number of ether oxygens (including phenoxy) is 1. The number of carbonyl (C=O) groups is 2. The number of imidazole rings is 1. The van der Waals surface area contributed by atoms with Crippen molar-refractivity contribution in [3.63, 3.8) is 0 Å². The van der Waals surface area contributed by atoms with Crippen LogP contribution in [0.5, 0.6) is 0 Å². The Morgan fingerprint density at radius 3 is 2.54 bits per heavy atom. The first kappa shape index (κ1) is 18.5. The van der Waals surface area contributed by atoms with Crippen molar-refractivity contribution in [3.8, 4) is 0 Å². The minimum absolute atomic E-state index is 0.183. The van der Waals surface area contributed by atoms with E-state index in [0.29, 0.717) is 0 Å². The smallest absolute Gasteiger partial charge is 0.394 e. The molecule has 1 aromatic heterocycles. The first-order valence-electron chi connectivity index (χ1n) is 6.48. The van der Waals surface area contributed by atoms with Gasteiger partial charge in [0.15, 0.2) is 5.69 Å². The molecule has 1 fully saturated rings. The zero-order chi connectivity index (χ0) is 18.1. The monoisotopic (exact) mass is 366 g/mol. The first-order chi connectivity index (χ1) is 11.2. The number of hydrogen-bond acceptors (Lipinski definition) is 8. The lowest BCUT2D eigenvalue weighted by atomic mass is 10.1. The van der Waals surface area contributed by atoms with Gasteiger partial charge in [0.2, 0.25) is 6.41 Å². The summed E-state index contributed by atoms with van der Waals surface area (Å²) >= 11 is 0. The molecule has 13 nitrogen and oxygen atoms in total. The van der Waals surface area contributed by atoms with Crippen LogP contribution in [0.3, 0.4) is 0 Å². The van der Waals surface area contributed by atoms with E-state index in [9.17, 15) is 24.4 Å². The van der Waals surface area contributed by atoms with Crippen molar-refractivity contribution >= 4 is 25.9 Å². The van der Waals surface area contributed by atoms with Gasteiger partial charge in [0.25, 0.3) is 5.91 Å². The second-order valence-electron chi connectivity index (χ2n) is 4.85. The highest BCUT2D eigenvalue weighted by atomic mass is 31.2. The standard InChI is InChI=1S/C10H15N4O9P/c15-1-3-5(17)6(18)7(23-3)9-12-4(8(13-9)11-2-16)10(19)14-24(20,21)22/h2-3,5-7,15,17-18H,1H2,(H,11,16)(H,12,13)(H3,14,19,20,21,22)/t3-,5-,6-,7?/m1/s1. The Morgan fingerprint density at radius 2 is 2.04 bits per heavy atom. The summed E-state index contributed by atoms with van der Waals surface area (Å²) in [5, 5.41) is 32.1. The van der Waals surface area contributed by atoms with Crippen LogP contribution in [0.25, 0.3) is 0 Å². The van der Waals surface area contributed by atoms with E-state index in [1.54, 1.807) is 0 Å². The lowest BCUT2D eigenvalue weighted by molar-refractivity contribution is -0.105. The van der Waals surface area contributed by atoms with Crippen molar-refractivity contribution in [1.29, 1.82) is 0 Å². The normalized spacial score (nSPS) is 27.0. The number of aliphatic hydroxyl groups is 3. The molecule has 1 aliphatic heterocycles. The molecule has 24 heavy (non-hydrogen) atoms. The second-order valence-corrected chi connectivity index (χ2v) is 6.16. The Labute approximate surface area is 133 Å². The molecular weight excluding hydrogens is 351 g/mol. The minimum Gasteiger partial charge on any atom is -0.394 e. The number of nitrogens with one attached hydrogen (secondary N) is 3. The highest BCUT2D eigenvalue weighted by Gasteiger charge is 2.45. The van der Waals surface area contributed by atoms with Crippen LogP contribution in [0, 0.1) is 0 Å². The highest BCUT2D eigenvalue weighted by Crippen LogP contribution is 2.34. The second kappa shape index (κ2) is 6.94. The van der Waals surface area contributed by atoms with E-state index in [1.165, 1.54) is 5.09 Å². The van der Waals surface area contributed by atoms with Crippen molar-refractivity contribution < 1.29 is 44.0 Å². The summed E-state index contributed by atoms with van der Waals surface area (Å²) in [5.74, 6) is -1.79. The van der Waals surface area contributed by atoms with E-state index in [1.807, 2.05) is 0 Å². The first-order valence-corrected chi connectivity index (χ1v) is 8.10. The van der Waals surface area contributed by atoms with Crippen LogP contribution in [-0.4, -0.2) is 72.3 Å². The third-order valence-corrected chi connectivity index (χ3v) is 3.69. The molecule has 0 radical (unpaired) electrons. The van der Waals surface area contributed by atoms with Crippen LogP contribution in [0.1, 0.15) is 22.4 Å². The average molecular weight is 366 g/mol. The Morgan fingerprint density at radius 1 is 1.38 bits per heavy atom. The summed E-state index contributed by atoms with van der Waals surface area (Å²) in [6.45, 7) is -0.583. The van der Waals surface area contributed by atoms with E-state index < -0.39 is 50.4 Å². The topological polar surface area (TPSA) is 214 Å². The maximum atomic E-state index is 11.8. The molecule has 2 amide bonds. The fraction of sp³-hybridized carbons (Fsp3) is 0.500. The molecule has 2 heterocycles. The van der Waals surface area contributed by atoms with Gasteiger partial charge in [0.05, 0.1) is 6.61 Å². The van der Waals surface area contributed by atoms with Crippen molar-refractivity contribution in [2.24, 2.45) is 0 Å². The number of aromatic amines is 1. The van der Waals surface area contributed by atoms with Gasteiger partial charge in [-0.15, -0.1) is 0 Å². The SMILES string of the molecule is O=CNc1[nH]c(C2O[C@H](CO)[C@@H](O)[C@H]2O)nc1C(=O)NP(=O)(O)O. The molecule has 0 aliphatic carbocycles. The largest absolute Gasteiger partial charge is 0.430 e. The summed E-state index contributed by atoms with van der Waals surface area (Å²) in [4.78, 5) is 46.1. The summed E-state index contributed by atoms with van der Waals surface area (Å²) in [6, 6.07) is 0. The van der Waals surface area contributed by atoms with E-state index in [2.05, 4.69) is 15.3 Å². The molecule has 1 unspecified atom stereocenters. The summed E-state index contributed by atoms with van der Waals surface area (Å²) in [5.41, 5.74) is -0.571. The fourth-order valence-electron chi connectivity index (χ4n) is 2.16. The molecule has 0 bridgehead atoms. The number of aromatic nitrogens is 2.